The van der Waals surface area contributed by atoms with Crippen LogP contribution in [0.3, 0.4) is 0 Å². The summed E-state index contributed by atoms with van der Waals surface area (Å²) in [7, 11) is 0. The van der Waals surface area contributed by atoms with Gasteiger partial charge in [0.2, 0.25) is 0 Å². The van der Waals surface area contributed by atoms with Gasteiger partial charge >= 0.3 is 0 Å². The molecule has 4 aromatic carbocycles. The predicted molar refractivity (Wildman–Crippen MR) is 180 cm³/mol. The van der Waals surface area contributed by atoms with Crippen molar-refractivity contribution in [3.8, 4) is 16.8 Å². The van der Waals surface area contributed by atoms with Gasteiger partial charge in [-0.15, -0.1) is 0 Å². The summed E-state index contributed by atoms with van der Waals surface area (Å²) < 4.78 is 2.26. The van der Waals surface area contributed by atoms with Crippen LogP contribution < -0.4 is 0 Å². The summed E-state index contributed by atoms with van der Waals surface area (Å²) in [5.41, 5.74) is 16.2. The molecule has 5 aromatic rings. The average molecular weight is 557 g/mol. The van der Waals surface area contributed by atoms with Crippen molar-refractivity contribution in [1.29, 1.82) is 0 Å². The molecule has 0 aliphatic heterocycles. The minimum atomic E-state index is 0.398. The van der Waals surface area contributed by atoms with Crippen LogP contribution in [0.2, 0.25) is 0 Å². The molecule has 0 spiro atoms. The molecule has 3 aliphatic carbocycles. The topological polar surface area (TPSA) is 17.8 Å². The van der Waals surface area contributed by atoms with Gasteiger partial charge in [-0.3, -0.25) is 4.57 Å². The van der Waals surface area contributed by atoms with Crippen molar-refractivity contribution in [3.05, 3.63) is 155 Å². The number of allylic oxidation sites excluding steroid dienone is 8. The van der Waals surface area contributed by atoms with Crippen molar-refractivity contribution in [2.45, 2.75) is 39.5 Å². The Kier molecular flexibility index (Phi) is 6.37. The molecule has 0 radical (unpaired) electrons. The zero-order chi connectivity index (χ0) is 28.9. The number of fused-ring (bicyclic) bond motifs is 3. The summed E-state index contributed by atoms with van der Waals surface area (Å²) in [6, 6.07) is 37.7. The lowest BCUT2D eigenvalue weighted by Crippen LogP contribution is -2.22. The van der Waals surface area contributed by atoms with Gasteiger partial charge in [0.15, 0.2) is 0 Å². The Morgan fingerprint density at radius 3 is 2.26 bits per heavy atom. The van der Waals surface area contributed by atoms with E-state index < -0.39 is 0 Å². The second-order valence-corrected chi connectivity index (χ2v) is 12.4. The van der Waals surface area contributed by atoms with Gasteiger partial charge in [0, 0.05) is 11.6 Å². The smallest absolute Gasteiger partial charge is 0.111 e. The van der Waals surface area contributed by atoms with Gasteiger partial charge < -0.3 is 0 Å². The van der Waals surface area contributed by atoms with E-state index in [1.807, 2.05) is 0 Å². The molecule has 0 amide bonds. The van der Waals surface area contributed by atoms with Crippen LogP contribution in [0.4, 0.5) is 0 Å². The fourth-order valence-electron chi connectivity index (χ4n) is 7.65. The molecule has 2 unspecified atom stereocenters. The molecular formula is C41H36N2. The Morgan fingerprint density at radius 1 is 0.744 bits per heavy atom. The molecule has 1 heterocycles. The van der Waals surface area contributed by atoms with Gasteiger partial charge in [-0.2, -0.15) is 0 Å². The maximum absolute atomic E-state index is 4.85. The van der Waals surface area contributed by atoms with Gasteiger partial charge in [-0.1, -0.05) is 104 Å². The lowest BCUT2D eigenvalue weighted by molar-refractivity contribution is 0.495. The molecule has 3 aliphatic rings. The number of hydrogen-bond donors (Lipinski definition) is 0. The van der Waals surface area contributed by atoms with E-state index in [9.17, 15) is 0 Å². The third-order valence-corrected chi connectivity index (χ3v) is 9.66. The summed E-state index contributed by atoms with van der Waals surface area (Å²) in [6.07, 6.45) is 11.7. The van der Waals surface area contributed by atoms with Crippen LogP contribution in [-0.4, -0.2) is 9.55 Å². The molecule has 2 nitrogen and oxygen atoms in total. The molecule has 0 N–H and O–H groups in total. The molecule has 0 bridgehead atoms. The number of benzene rings is 4. The van der Waals surface area contributed by atoms with E-state index in [0.717, 1.165) is 41.8 Å². The van der Waals surface area contributed by atoms with Crippen molar-refractivity contribution < 1.29 is 0 Å². The van der Waals surface area contributed by atoms with Gasteiger partial charge in [0.05, 0.1) is 11.0 Å². The second-order valence-electron chi connectivity index (χ2n) is 12.4. The molecule has 2 atom stereocenters. The Labute approximate surface area is 254 Å². The van der Waals surface area contributed by atoms with Crippen LogP contribution in [-0.2, 0) is 0 Å². The zero-order valence-electron chi connectivity index (χ0n) is 24.9. The highest BCUT2D eigenvalue weighted by Crippen LogP contribution is 2.54. The van der Waals surface area contributed by atoms with E-state index in [1.54, 1.807) is 16.7 Å². The van der Waals surface area contributed by atoms with Crippen LogP contribution in [0.15, 0.2) is 138 Å². The monoisotopic (exact) mass is 556 g/mol. The predicted octanol–water partition coefficient (Wildman–Crippen LogP) is 10.5. The van der Waals surface area contributed by atoms with E-state index in [1.165, 1.54) is 39.8 Å². The minimum absolute atomic E-state index is 0.398. The molecule has 8 rings (SSSR count). The Hall–Kier alpha value is -4.69. The standard InChI is InChI=1S/C41H36N2/c1-27-17-23-36-37(25-27)41(35-16-10-9-15-34(35)40(36)30-11-5-3-6-12-30)31-20-18-29(19-21-31)32-22-24-38-39(26-32)43(28(2)42-38)33-13-7-4-8-14-33/h3-15,18-22,24,26-27,35H,16-17,23,25H2,1-2H3. The van der Waals surface area contributed by atoms with Crippen LogP contribution in [0.1, 0.15) is 49.6 Å². The molecule has 2 heteroatoms. The van der Waals surface area contributed by atoms with Gasteiger partial charge in [0.1, 0.15) is 5.82 Å². The summed E-state index contributed by atoms with van der Waals surface area (Å²) in [5, 5.41) is 0. The van der Waals surface area contributed by atoms with E-state index in [-0.39, 0.29) is 0 Å². The lowest BCUT2D eigenvalue weighted by Gasteiger charge is -2.39. The largest absolute Gasteiger partial charge is 0.297 e. The van der Waals surface area contributed by atoms with Crippen LogP contribution >= 0.6 is 0 Å². The minimum Gasteiger partial charge on any atom is -0.297 e. The molecule has 1 aromatic heterocycles. The fraction of sp³-hybridized carbons (Fsp3) is 0.195. The van der Waals surface area contributed by atoms with Crippen molar-refractivity contribution in [2.24, 2.45) is 11.8 Å². The number of aryl methyl sites for hydroxylation is 1. The van der Waals surface area contributed by atoms with Crippen molar-refractivity contribution >= 4 is 22.2 Å². The van der Waals surface area contributed by atoms with E-state index in [2.05, 4.69) is 140 Å². The second kappa shape index (κ2) is 10.5. The molecule has 43 heavy (non-hydrogen) atoms. The van der Waals surface area contributed by atoms with Crippen LogP contribution in [0.25, 0.3) is 39.0 Å². The first-order valence-electron chi connectivity index (χ1n) is 15.7. The zero-order valence-corrected chi connectivity index (χ0v) is 24.9. The molecule has 1 saturated carbocycles. The maximum atomic E-state index is 4.85. The molecule has 1 fully saturated rings. The quantitative estimate of drug-likeness (QED) is 0.215. The van der Waals surface area contributed by atoms with Crippen molar-refractivity contribution in [2.75, 3.05) is 0 Å². The third kappa shape index (κ3) is 4.44. The Balaban J connectivity index is 1.23. The maximum Gasteiger partial charge on any atom is 0.111 e. The number of para-hydroxylation sites is 1. The Morgan fingerprint density at radius 2 is 1.47 bits per heavy atom. The fourth-order valence-corrected chi connectivity index (χ4v) is 7.65. The first kappa shape index (κ1) is 26.0. The first-order valence-corrected chi connectivity index (χ1v) is 15.7. The molecule has 0 saturated heterocycles. The summed E-state index contributed by atoms with van der Waals surface area (Å²) in [6.45, 7) is 4.51. The Bertz CT molecular complexity index is 1960. The summed E-state index contributed by atoms with van der Waals surface area (Å²) in [5.74, 6) is 2.11. The number of rotatable bonds is 4. The lowest BCUT2D eigenvalue weighted by atomic mass is 9.64. The number of imidazole rings is 1. The van der Waals surface area contributed by atoms with Crippen LogP contribution in [0.5, 0.6) is 0 Å². The van der Waals surface area contributed by atoms with E-state index in [4.69, 9.17) is 4.98 Å². The first-order chi connectivity index (χ1) is 21.2. The SMILES string of the molecule is Cc1nc2ccc(-c3ccc(C4=C5CC(C)CCC5=C(c5ccccc5)C5=CC=CCC54)cc3)cc2n1-c1ccccc1. The van der Waals surface area contributed by atoms with Crippen molar-refractivity contribution in [3.63, 3.8) is 0 Å². The van der Waals surface area contributed by atoms with Gasteiger partial charge in [0.25, 0.3) is 0 Å². The highest BCUT2D eigenvalue weighted by atomic mass is 15.1. The molecule has 210 valence electrons. The average Bonchev–Trinajstić information content (AvgIpc) is 3.39. The highest BCUT2D eigenvalue weighted by molar-refractivity contribution is 5.96. The van der Waals surface area contributed by atoms with Gasteiger partial charge in [-0.05, 0) is 113 Å². The van der Waals surface area contributed by atoms with E-state index >= 15 is 0 Å². The number of aromatic nitrogens is 2. The third-order valence-electron chi connectivity index (χ3n) is 9.66. The van der Waals surface area contributed by atoms with Crippen molar-refractivity contribution in [1.82, 2.24) is 9.55 Å². The summed E-state index contributed by atoms with van der Waals surface area (Å²) in [4.78, 5) is 4.85. The normalized spacial score (nSPS) is 19.8. The van der Waals surface area contributed by atoms with Crippen LogP contribution in [0, 0.1) is 18.8 Å². The number of hydrogen-bond acceptors (Lipinski definition) is 1. The summed E-state index contributed by atoms with van der Waals surface area (Å²) >= 11 is 0. The molecular weight excluding hydrogens is 520 g/mol. The van der Waals surface area contributed by atoms with E-state index in [0.29, 0.717) is 11.8 Å². The highest BCUT2D eigenvalue weighted by Gasteiger charge is 2.36. The number of nitrogens with zero attached hydrogens (tertiary/aromatic N) is 2. The van der Waals surface area contributed by atoms with Gasteiger partial charge in [-0.25, -0.2) is 4.98 Å².